The van der Waals surface area contributed by atoms with Crippen LogP contribution in [0.3, 0.4) is 0 Å². The lowest BCUT2D eigenvalue weighted by molar-refractivity contribution is -0.155. The normalized spacial score (nSPS) is 25.2. The number of ether oxygens (including phenoxy) is 2. The molecule has 0 aromatic heterocycles. The van der Waals surface area contributed by atoms with E-state index in [1.807, 2.05) is 0 Å². The second-order valence-corrected chi connectivity index (χ2v) is 6.64. The van der Waals surface area contributed by atoms with Crippen molar-refractivity contribution >= 4 is 11.7 Å². The van der Waals surface area contributed by atoms with Crippen molar-refractivity contribution < 1.29 is 29.7 Å². The van der Waals surface area contributed by atoms with Gasteiger partial charge in [-0.1, -0.05) is 63.4 Å². The molecule has 0 aromatic carbocycles. The Morgan fingerprint density at radius 3 is 2.32 bits per heavy atom. The zero-order chi connectivity index (χ0) is 18.5. The first-order valence-corrected chi connectivity index (χ1v) is 9.44. The largest absolute Gasteiger partial charge is 0.463 e. The standard InChI is InChI=1S/C18H33NO6/c1-2-3-4-5-6-7-8-9-10-11-16(20)25-13-15-18(22)17(21)14(19-23)12-24-15/h15,17-18,21-23H,2-13H2,1H3/b19-14+/t15-,17-,18-/m1/s1. The topological polar surface area (TPSA) is 109 Å². The predicted molar refractivity (Wildman–Crippen MR) is 93.8 cm³/mol. The zero-order valence-corrected chi connectivity index (χ0v) is 15.2. The summed E-state index contributed by atoms with van der Waals surface area (Å²) in [6, 6.07) is 0. The van der Waals surface area contributed by atoms with Crippen molar-refractivity contribution in [3.63, 3.8) is 0 Å². The fraction of sp³-hybridized carbons (Fsp3) is 0.889. The third-order valence-electron chi connectivity index (χ3n) is 4.51. The molecule has 1 rings (SSSR count). The SMILES string of the molecule is CCCCCCCCCCCC(=O)OC[C@H]1OC/C(=N\O)[C@@H](O)[C@@H]1O. The molecule has 0 unspecified atom stereocenters. The van der Waals surface area contributed by atoms with Crippen LogP contribution in [-0.4, -0.2) is 58.6 Å². The number of rotatable bonds is 12. The molecule has 25 heavy (non-hydrogen) atoms. The third-order valence-corrected chi connectivity index (χ3v) is 4.51. The molecule has 0 spiro atoms. The highest BCUT2D eigenvalue weighted by atomic mass is 16.6. The summed E-state index contributed by atoms with van der Waals surface area (Å²) in [6.45, 7) is 1.99. The molecule has 0 bridgehead atoms. The van der Waals surface area contributed by atoms with E-state index < -0.39 is 18.3 Å². The lowest BCUT2D eigenvalue weighted by Gasteiger charge is -2.31. The predicted octanol–water partition coefficient (Wildman–Crippen LogP) is 2.40. The quantitative estimate of drug-likeness (QED) is 0.214. The van der Waals surface area contributed by atoms with Gasteiger partial charge in [-0.15, -0.1) is 0 Å². The van der Waals surface area contributed by atoms with Crippen molar-refractivity contribution in [3.05, 3.63) is 0 Å². The highest BCUT2D eigenvalue weighted by Crippen LogP contribution is 2.15. The number of aliphatic hydroxyl groups excluding tert-OH is 2. The molecule has 3 atom stereocenters. The number of aliphatic hydroxyl groups is 2. The molecule has 1 heterocycles. The summed E-state index contributed by atoms with van der Waals surface area (Å²) in [6.07, 6.45) is 7.59. The molecule has 0 saturated carbocycles. The van der Waals surface area contributed by atoms with Crippen LogP contribution in [0, 0.1) is 0 Å². The average molecular weight is 359 g/mol. The lowest BCUT2D eigenvalue weighted by atomic mass is 10.0. The summed E-state index contributed by atoms with van der Waals surface area (Å²) in [5.41, 5.74) is -0.0372. The van der Waals surface area contributed by atoms with Crippen LogP contribution in [-0.2, 0) is 14.3 Å². The molecule has 7 nitrogen and oxygen atoms in total. The minimum Gasteiger partial charge on any atom is -0.463 e. The summed E-state index contributed by atoms with van der Waals surface area (Å²) < 4.78 is 10.3. The van der Waals surface area contributed by atoms with Crippen LogP contribution in [0.25, 0.3) is 0 Å². The summed E-state index contributed by atoms with van der Waals surface area (Å²) in [4.78, 5) is 11.7. The first-order valence-electron chi connectivity index (χ1n) is 9.44. The summed E-state index contributed by atoms with van der Waals surface area (Å²) in [5.74, 6) is -0.324. The molecule has 1 aliphatic heterocycles. The molecular formula is C18H33NO6. The number of carbonyl (C=O) groups excluding carboxylic acids is 1. The number of carbonyl (C=O) groups is 1. The molecule has 0 aromatic rings. The fourth-order valence-electron chi connectivity index (χ4n) is 2.84. The van der Waals surface area contributed by atoms with Gasteiger partial charge < -0.3 is 24.9 Å². The Hall–Kier alpha value is -1.18. The van der Waals surface area contributed by atoms with E-state index in [1.165, 1.54) is 38.5 Å². The van der Waals surface area contributed by atoms with Gasteiger partial charge in [-0.25, -0.2) is 0 Å². The van der Waals surface area contributed by atoms with Crippen LogP contribution in [0.2, 0.25) is 0 Å². The second kappa shape index (κ2) is 13.1. The molecule has 0 aliphatic carbocycles. The molecule has 1 saturated heterocycles. The Kier molecular flexibility index (Phi) is 11.4. The molecule has 1 aliphatic rings. The van der Waals surface area contributed by atoms with Gasteiger partial charge in [0.2, 0.25) is 0 Å². The van der Waals surface area contributed by atoms with Crippen LogP contribution in [0.4, 0.5) is 0 Å². The summed E-state index contributed by atoms with van der Waals surface area (Å²) >= 11 is 0. The van der Waals surface area contributed by atoms with E-state index in [1.54, 1.807) is 0 Å². The van der Waals surface area contributed by atoms with Crippen molar-refractivity contribution in [2.24, 2.45) is 5.16 Å². The van der Waals surface area contributed by atoms with Crippen molar-refractivity contribution in [1.29, 1.82) is 0 Å². The highest BCUT2D eigenvalue weighted by molar-refractivity contribution is 5.90. The maximum Gasteiger partial charge on any atom is 0.305 e. The Morgan fingerprint density at radius 1 is 1.12 bits per heavy atom. The van der Waals surface area contributed by atoms with E-state index in [4.69, 9.17) is 14.7 Å². The van der Waals surface area contributed by atoms with Crippen molar-refractivity contribution in [3.8, 4) is 0 Å². The van der Waals surface area contributed by atoms with Gasteiger partial charge in [0.1, 0.15) is 30.6 Å². The van der Waals surface area contributed by atoms with Gasteiger partial charge >= 0.3 is 5.97 Å². The van der Waals surface area contributed by atoms with E-state index in [9.17, 15) is 15.0 Å². The number of nitrogens with zero attached hydrogens (tertiary/aromatic N) is 1. The van der Waals surface area contributed by atoms with Crippen LogP contribution < -0.4 is 0 Å². The first kappa shape index (κ1) is 21.9. The third kappa shape index (κ3) is 8.65. The summed E-state index contributed by atoms with van der Waals surface area (Å²) in [5, 5.41) is 31.1. The van der Waals surface area contributed by atoms with E-state index in [2.05, 4.69) is 12.1 Å². The smallest absolute Gasteiger partial charge is 0.305 e. The van der Waals surface area contributed by atoms with Gasteiger partial charge in [-0.2, -0.15) is 0 Å². The van der Waals surface area contributed by atoms with Crippen molar-refractivity contribution in [2.75, 3.05) is 13.2 Å². The minimum absolute atomic E-state index is 0.0372. The van der Waals surface area contributed by atoms with Crippen LogP contribution in [0.1, 0.15) is 71.1 Å². The molecule has 146 valence electrons. The van der Waals surface area contributed by atoms with Crippen molar-refractivity contribution in [2.45, 2.75) is 89.4 Å². The Morgan fingerprint density at radius 2 is 1.72 bits per heavy atom. The number of unbranched alkanes of at least 4 members (excludes halogenated alkanes) is 8. The minimum atomic E-state index is -1.31. The maximum atomic E-state index is 11.7. The van der Waals surface area contributed by atoms with Crippen LogP contribution in [0.15, 0.2) is 5.16 Å². The van der Waals surface area contributed by atoms with Gasteiger partial charge in [0.25, 0.3) is 0 Å². The highest BCUT2D eigenvalue weighted by Gasteiger charge is 2.37. The molecule has 0 radical (unpaired) electrons. The molecule has 7 heteroatoms. The van der Waals surface area contributed by atoms with E-state index >= 15 is 0 Å². The zero-order valence-electron chi connectivity index (χ0n) is 15.2. The number of oxime groups is 1. The molecule has 3 N–H and O–H groups in total. The van der Waals surface area contributed by atoms with Gasteiger partial charge in [-0.3, -0.25) is 4.79 Å². The fourth-order valence-corrected chi connectivity index (χ4v) is 2.84. The van der Waals surface area contributed by atoms with E-state index in [0.717, 1.165) is 19.3 Å². The van der Waals surface area contributed by atoms with Crippen molar-refractivity contribution in [1.82, 2.24) is 0 Å². The lowest BCUT2D eigenvalue weighted by Crippen LogP contribution is -2.52. The van der Waals surface area contributed by atoms with Gasteiger partial charge in [0.05, 0.1) is 6.61 Å². The first-order chi connectivity index (χ1) is 12.1. The second-order valence-electron chi connectivity index (χ2n) is 6.64. The van der Waals surface area contributed by atoms with Crippen LogP contribution in [0.5, 0.6) is 0 Å². The van der Waals surface area contributed by atoms with Gasteiger partial charge in [0.15, 0.2) is 0 Å². The van der Waals surface area contributed by atoms with Gasteiger partial charge in [-0.05, 0) is 6.42 Å². The van der Waals surface area contributed by atoms with Gasteiger partial charge in [0, 0.05) is 6.42 Å². The summed E-state index contributed by atoms with van der Waals surface area (Å²) in [7, 11) is 0. The Balaban J connectivity index is 2.04. The molecule has 0 amide bonds. The molecule has 1 fully saturated rings. The Labute approximate surface area is 150 Å². The number of hydrogen-bond acceptors (Lipinski definition) is 7. The maximum absolute atomic E-state index is 11.7. The van der Waals surface area contributed by atoms with E-state index in [-0.39, 0.29) is 24.9 Å². The molecular weight excluding hydrogens is 326 g/mol. The average Bonchev–Trinajstić information content (AvgIpc) is 2.61. The van der Waals surface area contributed by atoms with Crippen LogP contribution >= 0.6 is 0 Å². The Bertz CT molecular complexity index is 401. The number of hydrogen-bond donors (Lipinski definition) is 3. The van der Waals surface area contributed by atoms with E-state index in [0.29, 0.717) is 6.42 Å². The number of esters is 1. The monoisotopic (exact) mass is 359 g/mol.